The summed E-state index contributed by atoms with van der Waals surface area (Å²) in [6, 6.07) is 9.82. The molecule has 156 valence electrons. The molecule has 0 amide bonds. The molecule has 0 saturated carbocycles. The van der Waals surface area contributed by atoms with E-state index in [1.54, 1.807) is 41.1 Å². The van der Waals surface area contributed by atoms with E-state index in [2.05, 4.69) is 35.6 Å². The second-order valence-corrected chi connectivity index (χ2v) is 8.45. The minimum Gasteiger partial charge on any atom is -0.519 e. The molecule has 2 aromatic heterocycles. The van der Waals surface area contributed by atoms with E-state index >= 15 is 0 Å². The summed E-state index contributed by atoms with van der Waals surface area (Å²) >= 11 is 6.32. The van der Waals surface area contributed by atoms with E-state index < -0.39 is 0 Å². The molecule has 0 aliphatic heterocycles. The van der Waals surface area contributed by atoms with Crippen LogP contribution in [0.4, 0.5) is 11.4 Å². The Labute approximate surface area is 196 Å². The van der Waals surface area contributed by atoms with Crippen LogP contribution in [0.1, 0.15) is 11.4 Å². The number of phenolic OH excluding ortho intramolecular Hbond substituents is 2. The van der Waals surface area contributed by atoms with Crippen molar-refractivity contribution in [3.63, 3.8) is 0 Å². The Morgan fingerprint density at radius 1 is 0.903 bits per heavy atom. The number of halogens is 1. The van der Waals surface area contributed by atoms with E-state index in [1.807, 2.05) is 30.8 Å². The second kappa shape index (κ2) is 11.8. The van der Waals surface area contributed by atoms with Gasteiger partial charge in [0.1, 0.15) is 11.5 Å². The molecule has 0 bridgehead atoms. The molecule has 2 N–H and O–H groups in total. The Hall–Kier alpha value is -3.24. The van der Waals surface area contributed by atoms with Crippen LogP contribution in [-0.4, -0.2) is 20.2 Å². The molecule has 31 heavy (non-hydrogen) atoms. The van der Waals surface area contributed by atoms with Crippen molar-refractivity contribution < 1.29 is 10.2 Å². The first-order valence-corrected chi connectivity index (χ1v) is 11.3. The van der Waals surface area contributed by atoms with Gasteiger partial charge in [-0.05, 0) is 31.5 Å². The number of hydrogen-bond acceptors (Lipinski definition) is 6. The fourth-order valence-corrected chi connectivity index (χ4v) is 3.90. The van der Waals surface area contributed by atoms with E-state index in [0.717, 1.165) is 26.3 Å². The lowest BCUT2D eigenvalue weighted by molar-refractivity contribution is 0.478. The molecule has 4 rings (SSSR count). The normalized spacial score (nSPS) is 9.32. The summed E-state index contributed by atoms with van der Waals surface area (Å²) < 4.78 is 0.775. The van der Waals surface area contributed by atoms with Crippen LogP contribution in [-0.2, 0) is 0 Å². The van der Waals surface area contributed by atoms with Gasteiger partial charge in [0.05, 0.1) is 34.7 Å². The highest BCUT2D eigenvalue weighted by Crippen LogP contribution is 2.34. The van der Waals surface area contributed by atoms with Crippen molar-refractivity contribution >= 4 is 50.0 Å². The van der Waals surface area contributed by atoms with Crippen LogP contribution in [0.2, 0.25) is 0 Å². The van der Waals surface area contributed by atoms with Crippen molar-refractivity contribution in [3.8, 4) is 21.9 Å². The average Bonchev–Trinajstić information content (AvgIpc) is 3.40. The van der Waals surface area contributed by atoms with Crippen molar-refractivity contribution in [2.45, 2.75) is 13.8 Å². The predicted octanol–water partition coefficient (Wildman–Crippen LogP) is 7.53. The highest BCUT2D eigenvalue weighted by Gasteiger charge is 2.07. The van der Waals surface area contributed by atoms with Gasteiger partial charge in [-0.15, -0.1) is 22.7 Å². The van der Waals surface area contributed by atoms with Gasteiger partial charge >= 0.3 is 0 Å². The Kier molecular flexibility index (Phi) is 9.16. The summed E-state index contributed by atoms with van der Waals surface area (Å²) in [6.45, 7) is 17.3. The molecule has 0 aliphatic rings. The van der Waals surface area contributed by atoms with Gasteiger partial charge in [0.15, 0.2) is 0 Å². The molecule has 0 spiro atoms. The number of phenols is 2. The molecular weight excluding hydrogens is 496 g/mol. The summed E-state index contributed by atoms with van der Waals surface area (Å²) in [6.07, 6.45) is 0. The third-order valence-electron chi connectivity index (χ3n) is 3.72. The number of hydrogen-bond donors (Lipinski definition) is 2. The van der Waals surface area contributed by atoms with Crippen molar-refractivity contribution in [1.82, 2.24) is 9.97 Å². The fraction of sp³-hybridized carbons (Fsp3) is 0.0909. The van der Waals surface area contributed by atoms with E-state index in [0.29, 0.717) is 0 Å². The van der Waals surface area contributed by atoms with Crippen molar-refractivity contribution in [2.75, 3.05) is 0 Å². The number of nitrogens with zero attached hydrogens (tertiary/aromatic N) is 4. The molecule has 9 heteroatoms. The van der Waals surface area contributed by atoms with Gasteiger partial charge < -0.3 is 10.2 Å². The zero-order valence-electron chi connectivity index (χ0n) is 16.6. The monoisotopic (exact) mass is 512 g/mol. The molecule has 0 atom stereocenters. The molecule has 6 nitrogen and oxygen atoms in total. The lowest BCUT2D eigenvalue weighted by Crippen LogP contribution is -1.77. The SMILES string of the molecule is Cc1cscn1.[C-]#[N+]c1ccc(-c2scnc2C)cc1O.[C-]#[N+]c1ccc(Br)cc1O. The summed E-state index contributed by atoms with van der Waals surface area (Å²) in [5.41, 5.74) is 7.11. The van der Waals surface area contributed by atoms with Gasteiger partial charge in [-0.25, -0.2) is 14.7 Å². The number of rotatable bonds is 1. The first kappa shape index (κ1) is 24.0. The predicted molar refractivity (Wildman–Crippen MR) is 129 cm³/mol. The molecule has 0 aliphatic carbocycles. The van der Waals surface area contributed by atoms with Crippen LogP contribution in [0.15, 0.2) is 57.3 Å². The van der Waals surface area contributed by atoms with Crippen molar-refractivity contribution in [3.05, 3.63) is 91.5 Å². The molecule has 2 aromatic carbocycles. The minimum absolute atomic E-state index is 0.0179. The summed E-state index contributed by atoms with van der Waals surface area (Å²) in [7, 11) is 0. The topological polar surface area (TPSA) is 75.0 Å². The zero-order chi connectivity index (χ0) is 22.8. The fourth-order valence-electron chi connectivity index (χ4n) is 2.20. The zero-order valence-corrected chi connectivity index (χ0v) is 19.8. The van der Waals surface area contributed by atoms with Gasteiger partial charge in [0.2, 0.25) is 11.4 Å². The van der Waals surface area contributed by atoms with Gasteiger partial charge in [-0.3, -0.25) is 4.98 Å². The molecule has 4 aromatic rings. The molecule has 0 fully saturated rings. The lowest BCUT2D eigenvalue weighted by Gasteiger charge is -2.01. The molecule has 0 radical (unpaired) electrons. The lowest BCUT2D eigenvalue weighted by atomic mass is 10.1. The van der Waals surface area contributed by atoms with Crippen LogP contribution in [0, 0.1) is 27.0 Å². The quantitative estimate of drug-likeness (QED) is 0.258. The molecule has 0 unspecified atom stereocenters. The average molecular weight is 513 g/mol. The van der Waals surface area contributed by atoms with Crippen molar-refractivity contribution in [2.24, 2.45) is 0 Å². The second-order valence-electron chi connectivity index (χ2n) is 5.96. The Bertz CT molecular complexity index is 1230. The third kappa shape index (κ3) is 7.19. The molecule has 2 heterocycles. The number of thiazole rings is 2. The highest BCUT2D eigenvalue weighted by molar-refractivity contribution is 9.10. The standard InChI is InChI=1S/C11H8N2OS.C7H4BrNO.C4H5NS/c1-7-11(15-6-13-7)8-3-4-9(12-2)10(14)5-8;1-9-6-3-2-5(8)4-7(6)10;1-4-2-6-3-5-4/h3-6,14H,1H3;2-4,10H;2-3H,1H3. The van der Waals surface area contributed by atoms with Crippen LogP contribution < -0.4 is 0 Å². The van der Waals surface area contributed by atoms with E-state index in [9.17, 15) is 5.11 Å². The largest absolute Gasteiger partial charge is 0.519 e. The van der Waals surface area contributed by atoms with Gasteiger partial charge in [-0.2, -0.15) is 0 Å². The first-order valence-electron chi connectivity index (χ1n) is 8.67. The van der Waals surface area contributed by atoms with Gasteiger partial charge in [0, 0.05) is 15.5 Å². The van der Waals surface area contributed by atoms with Crippen LogP contribution in [0.25, 0.3) is 20.1 Å². The molecular formula is C22H17BrN4O2S2. The van der Waals surface area contributed by atoms with E-state index in [1.165, 1.54) is 17.4 Å². The van der Waals surface area contributed by atoms with Crippen LogP contribution in [0.5, 0.6) is 11.5 Å². The Morgan fingerprint density at radius 3 is 1.97 bits per heavy atom. The first-order chi connectivity index (χ1) is 14.8. The van der Waals surface area contributed by atoms with E-state index in [4.69, 9.17) is 18.3 Å². The number of aryl methyl sites for hydroxylation is 2. The number of benzene rings is 2. The highest BCUT2D eigenvalue weighted by atomic mass is 79.9. The third-order valence-corrected chi connectivity index (χ3v) is 5.89. The smallest absolute Gasteiger partial charge is 0.227 e. The van der Waals surface area contributed by atoms with Crippen molar-refractivity contribution in [1.29, 1.82) is 0 Å². The molecule has 0 saturated heterocycles. The Balaban J connectivity index is 0.000000183. The number of aromatic nitrogens is 2. The number of aromatic hydroxyl groups is 2. The minimum atomic E-state index is 0.0179. The maximum absolute atomic E-state index is 9.55. The maximum atomic E-state index is 9.55. The summed E-state index contributed by atoms with van der Waals surface area (Å²) in [5.74, 6) is 0.0414. The van der Waals surface area contributed by atoms with E-state index in [-0.39, 0.29) is 22.9 Å². The van der Waals surface area contributed by atoms with Crippen LogP contribution >= 0.6 is 38.6 Å². The van der Waals surface area contributed by atoms with Gasteiger partial charge in [0.25, 0.3) is 0 Å². The summed E-state index contributed by atoms with van der Waals surface area (Å²) in [4.78, 5) is 15.4. The maximum Gasteiger partial charge on any atom is 0.227 e. The van der Waals surface area contributed by atoms with Crippen LogP contribution in [0.3, 0.4) is 0 Å². The summed E-state index contributed by atoms with van der Waals surface area (Å²) in [5, 5.41) is 20.6. The Morgan fingerprint density at radius 2 is 1.55 bits per heavy atom. The van der Waals surface area contributed by atoms with Gasteiger partial charge in [-0.1, -0.05) is 40.2 Å².